The monoisotopic (exact) mass is 248 g/mol. The lowest BCUT2D eigenvalue weighted by atomic mass is 10.2. The molecule has 0 aliphatic rings. The largest absolute Gasteiger partial charge is 0.229 e. The van der Waals surface area contributed by atoms with Crippen molar-refractivity contribution in [2.24, 2.45) is 0 Å². The first kappa shape index (κ1) is 12.5. The molecule has 5 heteroatoms. The summed E-state index contributed by atoms with van der Waals surface area (Å²) in [5.41, 5.74) is 0.883. The molecule has 1 aromatic carbocycles. The van der Waals surface area contributed by atoms with Gasteiger partial charge >= 0.3 is 0 Å². The molecular weight excluding hydrogens is 235 g/mol. The quantitative estimate of drug-likeness (QED) is 0.748. The van der Waals surface area contributed by atoms with Crippen LogP contribution in [0.3, 0.4) is 0 Å². The minimum atomic E-state index is -2.88. The van der Waals surface area contributed by atoms with E-state index in [0.717, 1.165) is 5.56 Å². The molecule has 0 saturated heterocycles. The maximum Gasteiger partial charge on any atom is 0.148 e. The van der Waals surface area contributed by atoms with Gasteiger partial charge in [-0.1, -0.05) is 12.1 Å². The van der Waals surface area contributed by atoms with E-state index in [1.54, 1.807) is 6.07 Å². The van der Waals surface area contributed by atoms with Crippen molar-refractivity contribution < 1.29 is 12.8 Å². The molecule has 1 aromatic rings. The molecule has 2 nitrogen and oxygen atoms in total. The van der Waals surface area contributed by atoms with E-state index in [0.29, 0.717) is 11.5 Å². The Balaban J connectivity index is 2.32. The Kier molecular flexibility index (Phi) is 4.60. The first-order chi connectivity index (χ1) is 6.97. The van der Waals surface area contributed by atoms with Crippen LogP contribution in [0.1, 0.15) is 5.56 Å². The zero-order chi connectivity index (χ0) is 11.3. The predicted octanol–water partition coefficient (Wildman–Crippen LogP) is 2.10. The van der Waals surface area contributed by atoms with Gasteiger partial charge in [0.1, 0.15) is 15.7 Å². The van der Waals surface area contributed by atoms with Gasteiger partial charge in [0.25, 0.3) is 0 Å². The highest BCUT2D eigenvalue weighted by molar-refractivity contribution is 7.99. The molecule has 84 valence electrons. The fourth-order valence-corrected chi connectivity index (χ4v) is 3.27. The molecule has 0 aromatic heterocycles. The van der Waals surface area contributed by atoms with Crippen molar-refractivity contribution >= 4 is 21.6 Å². The summed E-state index contributed by atoms with van der Waals surface area (Å²) in [5.74, 6) is 1.12. The highest BCUT2D eigenvalue weighted by Gasteiger charge is 2.02. The van der Waals surface area contributed by atoms with Crippen LogP contribution in [0.2, 0.25) is 0 Å². The second kappa shape index (κ2) is 5.51. The van der Waals surface area contributed by atoms with E-state index in [2.05, 4.69) is 0 Å². The van der Waals surface area contributed by atoms with Gasteiger partial charge in [-0.15, -0.1) is 0 Å². The Morgan fingerprint density at radius 1 is 1.40 bits per heavy atom. The summed E-state index contributed by atoms with van der Waals surface area (Å²) in [6.45, 7) is 0. The van der Waals surface area contributed by atoms with Gasteiger partial charge in [0.2, 0.25) is 0 Å². The van der Waals surface area contributed by atoms with Gasteiger partial charge in [0.05, 0.1) is 5.75 Å². The van der Waals surface area contributed by atoms with Crippen LogP contribution >= 0.6 is 11.8 Å². The number of hydrogen-bond donors (Lipinski definition) is 0. The van der Waals surface area contributed by atoms with Crippen LogP contribution in [0.15, 0.2) is 24.3 Å². The van der Waals surface area contributed by atoms with Crippen molar-refractivity contribution in [3.05, 3.63) is 35.6 Å². The molecule has 0 atom stereocenters. The smallest absolute Gasteiger partial charge is 0.148 e. The van der Waals surface area contributed by atoms with Crippen LogP contribution in [0.5, 0.6) is 0 Å². The van der Waals surface area contributed by atoms with Crippen LogP contribution in [0.25, 0.3) is 0 Å². The summed E-state index contributed by atoms with van der Waals surface area (Å²) in [6, 6.07) is 6.34. The third-order valence-corrected chi connectivity index (χ3v) is 3.99. The summed E-state index contributed by atoms with van der Waals surface area (Å²) >= 11 is 1.50. The van der Waals surface area contributed by atoms with E-state index in [-0.39, 0.29) is 11.6 Å². The third kappa shape index (κ3) is 5.79. The number of hydrogen-bond acceptors (Lipinski definition) is 3. The van der Waals surface area contributed by atoms with Crippen molar-refractivity contribution in [2.75, 3.05) is 17.8 Å². The summed E-state index contributed by atoms with van der Waals surface area (Å²) in [6.07, 6.45) is 1.22. The van der Waals surface area contributed by atoms with Crippen LogP contribution in [-0.2, 0) is 15.6 Å². The average Bonchev–Trinajstić information content (AvgIpc) is 2.11. The first-order valence-corrected chi connectivity index (χ1v) is 7.69. The third-order valence-electron chi connectivity index (χ3n) is 1.76. The van der Waals surface area contributed by atoms with Crippen LogP contribution in [0, 0.1) is 5.82 Å². The van der Waals surface area contributed by atoms with Crippen molar-refractivity contribution in [3.8, 4) is 0 Å². The maximum absolute atomic E-state index is 12.8. The molecular formula is C10H13FO2S2. The van der Waals surface area contributed by atoms with Crippen LogP contribution in [0.4, 0.5) is 4.39 Å². The van der Waals surface area contributed by atoms with E-state index < -0.39 is 9.84 Å². The maximum atomic E-state index is 12.8. The molecule has 0 fully saturated rings. The number of benzene rings is 1. The molecule has 1 rings (SSSR count). The molecule has 0 aliphatic carbocycles. The van der Waals surface area contributed by atoms with Crippen molar-refractivity contribution in [3.63, 3.8) is 0 Å². The fourth-order valence-electron chi connectivity index (χ4n) is 1.03. The molecule has 0 bridgehead atoms. The summed E-state index contributed by atoms with van der Waals surface area (Å²) in [4.78, 5) is 0. The standard InChI is InChI=1S/C10H13FO2S2/c1-15(12,13)6-5-14-8-9-3-2-4-10(11)7-9/h2-4,7H,5-6,8H2,1H3. The molecule has 0 unspecified atom stereocenters. The van der Waals surface area contributed by atoms with E-state index in [4.69, 9.17) is 0 Å². The highest BCUT2D eigenvalue weighted by Crippen LogP contribution is 2.13. The molecule has 0 N–H and O–H groups in total. The van der Waals surface area contributed by atoms with Gasteiger partial charge in [0.15, 0.2) is 0 Å². The van der Waals surface area contributed by atoms with Crippen molar-refractivity contribution in [1.82, 2.24) is 0 Å². The minimum absolute atomic E-state index is 0.174. The number of rotatable bonds is 5. The van der Waals surface area contributed by atoms with E-state index in [1.807, 2.05) is 6.07 Å². The Labute approximate surface area is 93.8 Å². The van der Waals surface area contributed by atoms with Crippen LogP contribution in [-0.4, -0.2) is 26.2 Å². The molecule has 0 amide bonds. The average molecular weight is 248 g/mol. The second-order valence-electron chi connectivity index (χ2n) is 3.31. The Bertz CT molecular complexity index is 415. The Hall–Kier alpha value is -0.550. The van der Waals surface area contributed by atoms with E-state index in [9.17, 15) is 12.8 Å². The molecule has 0 saturated carbocycles. The molecule has 15 heavy (non-hydrogen) atoms. The van der Waals surface area contributed by atoms with Gasteiger partial charge in [-0.05, 0) is 17.7 Å². The zero-order valence-electron chi connectivity index (χ0n) is 8.44. The lowest BCUT2D eigenvalue weighted by Crippen LogP contribution is -2.05. The lowest BCUT2D eigenvalue weighted by molar-refractivity contribution is 0.603. The molecule has 0 spiro atoms. The zero-order valence-corrected chi connectivity index (χ0v) is 10.1. The van der Waals surface area contributed by atoms with Gasteiger partial charge in [-0.25, -0.2) is 12.8 Å². The van der Waals surface area contributed by atoms with Crippen molar-refractivity contribution in [2.45, 2.75) is 5.75 Å². The van der Waals surface area contributed by atoms with Crippen LogP contribution < -0.4 is 0 Å². The van der Waals surface area contributed by atoms with Gasteiger partial charge < -0.3 is 0 Å². The van der Waals surface area contributed by atoms with Crippen molar-refractivity contribution in [1.29, 1.82) is 0 Å². The molecule has 0 heterocycles. The Morgan fingerprint density at radius 3 is 2.73 bits per heavy atom. The lowest BCUT2D eigenvalue weighted by Gasteiger charge is -2.01. The molecule has 0 radical (unpaired) electrons. The minimum Gasteiger partial charge on any atom is -0.229 e. The number of halogens is 1. The normalized spacial score (nSPS) is 11.6. The summed E-state index contributed by atoms with van der Waals surface area (Å²) in [7, 11) is -2.88. The van der Waals surface area contributed by atoms with E-state index >= 15 is 0 Å². The highest BCUT2D eigenvalue weighted by atomic mass is 32.2. The summed E-state index contributed by atoms with van der Waals surface area (Å²) < 4.78 is 34.4. The van der Waals surface area contributed by atoms with Gasteiger partial charge in [-0.3, -0.25) is 0 Å². The number of sulfone groups is 1. The number of thioether (sulfide) groups is 1. The summed E-state index contributed by atoms with van der Waals surface area (Å²) in [5, 5.41) is 0. The second-order valence-corrected chi connectivity index (χ2v) is 6.68. The van der Waals surface area contributed by atoms with Gasteiger partial charge in [0, 0.05) is 17.8 Å². The SMILES string of the molecule is CS(=O)(=O)CCSCc1cccc(F)c1. The molecule has 0 aliphatic heterocycles. The van der Waals surface area contributed by atoms with E-state index in [1.165, 1.54) is 30.2 Å². The Morgan fingerprint density at radius 2 is 2.13 bits per heavy atom. The fraction of sp³-hybridized carbons (Fsp3) is 0.400. The first-order valence-electron chi connectivity index (χ1n) is 4.47. The van der Waals surface area contributed by atoms with Gasteiger partial charge in [-0.2, -0.15) is 11.8 Å². The predicted molar refractivity (Wildman–Crippen MR) is 62.3 cm³/mol. The topological polar surface area (TPSA) is 34.1 Å².